The van der Waals surface area contributed by atoms with E-state index in [-0.39, 0.29) is 28.7 Å². The van der Waals surface area contributed by atoms with Crippen molar-refractivity contribution in [1.29, 1.82) is 0 Å². The maximum atomic E-state index is 13.2. The second-order valence-electron chi connectivity index (χ2n) is 7.09. The van der Waals surface area contributed by atoms with E-state index in [1.807, 2.05) is 18.2 Å². The summed E-state index contributed by atoms with van der Waals surface area (Å²) in [5.41, 5.74) is 2.73. The number of aromatic amines is 1. The van der Waals surface area contributed by atoms with Crippen LogP contribution in [0.4, 0.5) is 8.78 Å². The summed E-state index contributed by atoms with van der Waals surface area (Å²) in [7, 11) is -3.92. The fraction of sp³-hybridized carbons (Fsp3) is 0.444. The van der Waals surface area contributed by atoms with Crippen LogP contribution in [-0.4, -0.2) is 45.6 Å². The number of nitrogens with zero attached hydrogens (tertiary/aromatic N) is 4. The van der Waals surface area contributed by atoms with Gasteiger partial charge in [0.05, 0.1) is 22.4 Å². The number of fused-ring (bicyclic) bond motifs is 1. The van der Waals surface area contributed by atoms with Crippen LogP contribution in [0.5, 0.6) is 0 Å². The molecule has 4 heterocycles. The van der Waals surface area contributed by atoms with E-state index in [1.165, 1.54) is 18.2 Å². The molecule has 4 rings (SSSR count). The van der Waals surface area contributed by atoms with E-state index in [1.54, 1.807) is 6.20 Å². The Morgan fingerprint density at radius 1 is 1.32 bits per heavy atom. The highest BCUT2D eigenvalue weighted by Gasteiger charge is 2.36. The Hall–Kier alpha value is -2.33. The van der Waals surface area contributed by atoms with Crippen LogP contribution in [0.1, 0.15) is 42.4 Å². The fourth-order valence-electron chi connectivity index (χ4n) is 3.95. The Morgan fingerprint density at radius 2 is 2.11 bits per heavy atom. The minimum Gasteiger partial charge on any atom is -0.357 e. The molecule has 3 aromatic rings. The molecule has 7 nitrogen and oxygen atoms in total. The Kier molecular flexibility index (Phi) is 4.70. The summed E-state index contributed by atoms with van der Waals surface area (Å²) in [6.45, 7) is 0.577. The van der Waals surface area contributed by atoms with Crippen LogP contribution in [0.25, 0.3) is 11.0 Å². The molecule has 0 bridgehead atoms. The number of piperidine rings is 1. The summed E-state index contributed by atoms with van der Waals surface area (Å²) in [4.78, 5) is 7.51. The molecule has 1 saturated heterocycles. The van der Waals surface area contributed by atoms with E-state index in [2.05, 4.69) is 15.1 Å². The van der Waals surface area contributed by atoms with Crippen molar-refractivity contribution in [2.24, 2.45) is 0 Å². The van der Waals surface area contributed by atoms with Gasteiger partial charge >= 0.3 is 6.55 Å². The Bertz CT molecular complexity index is 1090. The Morgan fingerprint density at radius 3 is 2.79 bits per heavy atom. The van der Waals surface area contributed by atoms with Gasteiger partial charge in [-0.05, 0) is 44.9 Å². The largest absolute Gasteiger partial charge is 0.357 e. The first-order chi connectivity index (χ1) is 13.3. The zero-order chi connectivity index (χ0) is 20.1. The highest BCUT2D eigenvalue weighted by Crippen LogP contribution is 2.33. The van der Waals surface area contributed by atoms with Crippen LogP contribution < -0.4 is 0 Å². The summed E-state index contributed by atoms with van der Waals surface area (Å²) in [5.74, 6) is -0.0107. The third kappa shape index (κ3) is 3.10. The van der Waals surface area contributed by atoms with Gasteiger partial charge in [-0.25, -0.2) is 13.1 Å². The maximum Gasteiger partial charge on any atom is 0.333 e. The molecule has 150 valence electrons. The highest BCUT2D eigenvalue weighted by atomic mass is 32.2. The van der Waals surface area contributed by atoms with Gasteiger partial charge in [0, 0.05) is 30.9 Å². The van der Waals surface area contributed by atoms with Gasteiger partial charge in [-0.15, -0.1) is 0 Å². The van der Waals surface area contributed by atoms with Crippen molar-refractivity contribution in [3.05, 3.63) is 41.5 Å². The first-order valence-electron chi connectivity index (χ1n) is 9.06. The SMILES string of the molecule is Cc1nn(C(F)F)c(C)c1S(=O)(=O)N1CCC[C@@H](c2cc3ncccc3[nH]2)C1. The number of aryl methyl sites for hydroxylation is 1. The van der Waals surface area contributed by atoms with Crippen LogP contribution in [0, 0.1) is 13.8 Å². The van der Waals surface area contributed by atoms with Gasteiger partial charge in [-0.1, -0.05) is 0 Å². The monoisotopic (exact) mass is 409 g/mol. The average molecular weight is 409 g/mol. The predicted molar refractivity (Wildman–Crippen MR) is 99.8 cm³/mol. The first-order valence-corrected chi connectivity index (χ1v) is 10.5. The molecule has 1 N–H and O–H groups in total. The van der Waals surface area contributed by atoms with E-state index in [9.17, 15) is 17.2 Å². The van der Waals surface area contributed by atoms with Gasteiger partial charge in [0.25, 0.3) is 0 Å². The summed E-state index contributed by atoms with van der Waals surface area (Å²) < 4.78 is 54.5. The second-order valence-corrected chi connectivity index (χ2v) is 8.96. The molecule has 10 heteroatoms. The average Bonchev–Trinajstić information content (AvgIpc) is 3.22. The number of rotatable bonds is 4. The van der Waals surface area contributed by atoms with Crippen molar-refractivity contribution < 1.29 is 17.2 Å². The van der Waals surface area contributed by atoms with Crippen LogP contribution in [-0.2, 0) is 10.0 Å². The Labute approximate surface area is 161 Å². The zero-order valence-corrected chi connectivity index (χ0v) is 16.4. The third-order valence-electron chi connectivity index (χ3n) is 5.28. The highest BCUT2D eigenvalue weighted by molar-refractivity contribution is 7.89. The van der Waals surface area contributed by atoms with E-state index in [4.69, 9.17) is 0 Å². The van der Waals surface area contributed by atoms with Gasteiger partial charge in [0.15, 0.2) is 0 Å². The molecule has 0 saturated carbocycles. The molecule has 0 aromatic carbocycles. The minimum absolute atomic E-state index is 0.0107. The molecule has 0 unspecified atom stereocenters. The summed E-state index contributed by atoms with van der Waals surface area (Å²) >= 11 is 0. The lowest BCUT2D eigenvalue weighted by Crippen LogP contribution is -2.39. The molecule has 0 radical (unpaired) electrons. The summed E-state index contributed by atoms with van der Waals surface area (Å²) in [6.07, 6.45) is 3.24. The number of H-pyrrole nitrogens is 1. The molecular formula is C18H21F2N5O2S. The fourth-order valence-corrected chi connectivity index (χ4v) is 5.84. The normalized spacial score (nSPS) is 19.0. The number of nitrogens with one attached hydrogen (secondary N) is 1. The van der Waals surface area contributed by atoms with Crippen LogP contribution >= 0.6 is 0 Å². The quantitative estimate of drug-likeness (QED) is 0.716. The molecule has 28 heavy (non-hydrogen) atoms. The number of hydrogen-bond donors (Lipinski definition) is 1. The minimum atomic E-state index is -3.92. The van der Waals surface area contributed by atoms with Crippen LogP contribution in [0.15, 0.2) is 29.3 Å². The number of halogens is 2. The molecule has 0 amide bonds. The second kappa shape index (κ2) is 6.93. The van der Waals surface area contributed by atoms with Gasteiger partial charge in [-0.3, -0.25) is 4.98 Å². The Balaban J connectivity index is 1.65. The standard InChI is InChI=1S/C18H21F2N5O2S/c1-11-17(12(2)25(23-11)18(19)20)28(26,27)24-8-4-5-13(10-24)15-9-16-14(22-15)6-3-7-21-16/h3,6-7,9,13,18,22H,4-5,8,10H2,1-2H3/t13-/m1/s1. The number of hydrogen-bond acceptors (Lipinski definition) is 4. The lowest BCUT2D eigenvalue weighted by Gasteiger charge is -2.31. The van der Waals surface area contributed by atoms with E-state index in [0.717, 1.165) is 23.1 Å². The number of pyridine rings is 1. The first kappa shape index (κ1) is 19.0. The molecule has 0 aliphatic carbocycles. The third-order valence-corrected chi connectivity index (χ3v) is 7.39. The smallest absolute Gasteiger partial charge is 0.333 e. The summed E-state index contributed by atoms with van der Waals surface area (Å²) in [5, 5.41) is 3.72. The molecule has 1 aliphatic heterocycles. The van der Waals surface area contributed by atoms with Crippen molar-refractivity contribution in [2.45, 2.75) is 44.1 Å². The molecule has 3 aromatic heterocycles. The summed E-state index contributed by atoms with van der Waals surface area (Å²) in [6, 6.07) is 5.71. The number of sulfonamides is 1. The molecule has 1 aliphatic rings. The number of alkyl halides is 2. The van der Waals surface area contributed by atoms with Crippen molar-refractivity contribution in [3.63, 3.8) is 0 Å². The predicted octanol–water partition coefficient (Wildman–Crippen LogP) is 3.34. The van der Waals surface area contributed by atoms with Crippen LogP contribution in [0.3, 0.4) is 0 Å². The lowest BCUT2D eigenvalue weighted by molar-refractivity contribution is 0.0538. The van der Waals surface area contributed by atoms with Crippen molar-refractivity contribution in [2.75, 3.05) is 13.1 Å². The maximum absolute atomic E-state index is 13.2. The van der Waals surface area contributed by atoms with Crippen molar-refractivity contribution in [3.8, 4) is 0 Å². The zero-order valence-electron chi connectivity index (χ0n) is 15.6. The number of aromatic nitrogens is 4. The van der Waals surface area contributed by atoms with Gasteiger partial charge in [0.2, 0.25) is 10.0 Å². The topological polar surface area (TPSA) is 83.9 Å². The lowest BCUT2D eigenvalue weighted by atomic mass is 9.96. The molecular weight excluding hydrogens is 388 g/mol. The molecule has 0 spiro atoms. The van der Waals surface area contributed by atoms with Crippen molar-refractivity contribution >= 4 is 21.1 Å². The van der Waals surface area contributed by atoms with E-state index in [0.29, 0.717) is 17.6 Å². The van der Waals surface area contributed by atoms with Gasteiger partial charge in [-0.2, -0.15) is 18.2 Å². The molecule has 1 atom stereocenters. The van der Waals surface area contributed by atoms with Crippen LogP contribution in [0.2, 0.25) is 0 Å². The van der Waals surface area contributed by atoms with Gasteiger partial charge in [0.1, 0.15) is 4.90 Å². The van der Waals surface area contributed by atoms with E-state index < -0.39 is 16.6 Å². The van der Waals surface area contributed by atoms with E-state index >= 15 is 0 Å². The molecule has 1 fully saturated rings. The van der Waals surface area contributed by atoms with Gasteiger partial charge < -0.3 is 4.98 Å². The van der Waals surface area contributed by atoms with Crippen molar-refractivity contribution in [1.82, 2.24) is 24.1 Å².